The summed E-state index contributed by atoms with van der Waals surface area (Å²) < 4.78 is 8.39. The summed E-state index contributed by atoms with van der Waals surface area (Å²) in [6.07, 6.45) is 0. The molecule has 0 N–H and O–H groups in total. The number of fused-ring (bicyclic) bond motifs is 3. The largest absolute Gasteiger partial charge is 0.444 e. The number of aryl methyl sites for hydroxylation is 1. The lowest BCUT2D eigenvalue weighted by Gasteiger charge is -2.34. The molecule has 3 heterocycles. The first-order chi connectivity index (χ1) is 14.6. The standard InChI is InChI=1S/C24H24BrN3O2/c1-2-28-20-6-4-3-5-18(20)19-15-17(7-8-21(19)28)16-26-11-13-27(14-12-26)24(29)22-9-10-23(25)30-22/h3-10,15H,2,11-14,16H2,1H3. The van der Waals surface area contributed by atoms with Gasteiger partial charge in [-0.3, -0.25) is 9.69 Å². The maximum atomic E-state index is 12.6. The number of para-hydroxylation sites is 1. The molecule has 30 heavy (non-hydrogen) atoms. The van der Waals surface area contributed by atoms with E-state index in [-0.39, 0.29) is 5.91 Å². The zero-order valence-corrected chi connectivity index (χ0v) is 18.6. The van der Waals surface area contributed by atoms with Gasteiger partial charge in [-0.05, 0) is 58.7 Å². The van der Waals surface area contributed by atoms with Gasteiger partial charge in [-0.2, -0.15) is 0 Å². The van der Waals surface area contributed by atoms with Crippen molar-refractivity contribution >= 4 is 43.6 Å². The molecule has 0 atom stereocenters. The first-order valence-electron chi connectivity index (χ1n) is 10.4. The Balaban J connectivity index is 1.31. The third kappa shape index (κ3) is 3.44. The van der Waals surface area contributed by atoms with E-state index in [1.807, 2.05) is 4.90 Å². The van der Waals surface area contributed by atoms with Crippen molar-refractivity contribution in [1.29, 1.82) is 0 Å². The molecule has 4 aromatic rings. The smallest absolute Gasteiger partial charge is 0.289 e. The van der Waals surface area contributed by atoms with Gasteiger partial charge in [0.2, 0.25) is 0 Å². The fourth-order valence-corrected chi connectivity index (χ4v) is 4.80. The van der Waals surface area contributed by atoms with Crippen LogP contribution in [0.5, 0.6) is 0 Å². The van der Waals surface area contributed by atoms with E-state index in [1.54, 1.807) is 12.1 Å². The minimum atomic E-state index is -0.0332. The van der Waals surface area contributed by atoms with Crippen LogP contribution in [-0.2, 0) is 13.1 Å². The summed E-state index contributed by atoms with van der Waals surface area (Å²) in [5.74, 6) is 0.363. The Morgan fingerprint density at radius 1 is 0.967 bits per heavy atom. The number of furan rings is 1. The second kappa shape index (κ2) is 7.93. The van der Waals surface area contributed by atoms with E-state index in [1.165, 1.54) is 27.4 Å². The molecule has 0 radical (unpaired) electrons. The van der Waals surface area contributed by atoms with E-state index in [4.69, 9.17) is 4.42 Å². The Labute approximate surface area is 184 Å². The van der Waals surface area contributed by atoms with Crippen molar-refractivity contribution in [2.24, 2.45) is 0 Å². The summed E-state index contributed by atoms with van der Waals surface area (Å²) in [6.45, 7) is 7.22. The van der Waals surface area contributed by atoms with Crippen LogP contribution in [0.25, 0.3) is 21.8 Å². The minimum absolute atomic E-state index is 0.0332. The van der Waals surface area contributed by atoms with Gasteiger partial charge < -0.3 is 13.9 Å². The molecule has 1 fully saturated rings. The molecule has 5 nitrogen and oxygen atoms in total. The number of aromatic nitrogens is 1. The van der Waals surface area contributed by atoms with Crippen LogP contribution in [0.2, 0.25) is 0 Å². The van der Waals surface area contributed by atoms with Crippen LogP contribution in [0.3, 0.4) is 0 Å². The van der Waals surface area contributed by atoms with Crippen LogP contribution in [0.15, 0.2) is 63.7 Å². The number of benzene rings is 2. The Morgan fingerprint density at radius 2 is 1.73 bits per heavy atom. The number of amides is 1. The SMILES string of the molecule is CCn1c2ccccc2c2cc(CN3CCN(C(=O)c4ccc(Br)o4)CC3)ccc21. The number of nitrogens with zero attached hydrogens (tertiary/aromatic N) is 3. The average molecular weight is 466 g/mol. The molecule has 5 rings (SSSR count). The summed E-state index contributed by atoms with van der Waals surface area (Å²) in [5.41, 5.74) is 3.91. The fraction of sp³-hybridized carbons (Fsp3) is 0.292. The number of carbonyl (C=O) groups is 1. The van der Waals surface area contributed by atoms with Crippen molar-refractivity contribution in [3.63, 3.8) is 0 Å². The highest BCUT2D eigenvalue weighted by Crippen LogP contribution is 2.30. The predicted molar refractivity (Wildman–Crippen MR) is 123 cm³/mol. The molecule has 1 amide bonds. The molecular weight excluding hydrogens is 442 g/mol. The Kier molecular flexibility index (Phi) is 5.13. The highest BCUT2D eigenvalue weighted by molar-refractivity contribution is 9.10. The van der Waals surface area contributed by atoms with Gasteiger partial charge in [0.25, 0.3) is 5.91 Å². The second-order valence-electron chi connectivity index (χ2n) is 7.79. The van der Waals surface area contributed by atoms with Crippen molar-refractivity contribution < 1.29 is 9.21 Å². The molecular formula is C24H24BrN3O2. The highest BCUT2D eigenvalue weighted by Gasteiger charge is 2.24. The van der Waals surface area contributed by atoms with Gasteiger partial charge in [-0.1, -0.05) is 24.3 Å². The van der Waals surface area contributed by atoms with Crippen LogP contribution in [0, 0.1) is 0 Å². The fourth-order valence-electron chi connectivity index (χ4n) is 4.49. The number of hydrogen-bond acceptors (Lipinski definition) is 3. The molecule has 0 aliphatic carbocycles. The zero-order chi connectivity index (χ0) is 20.7. The van der Waals surface area contributed by atoms with Crippen LogP contribution in [0.1, 0.15) is 23.0 Å². The predicted octanol–water partition coefficient (Wildman–Crippen LogP) is 5.13. The maximum Gasteiger partial charge on any atom is 0.289 e. The van der Waals surface area contributed by atoms with Crippen LogP contribution >= 0.6 is 15.9 Å². The maximum absolute atomic E-state index is 12.6. The zero-order valence-electron chi connectivity index (χ0n) is 17.0. The summed E-state index contributed by atoms with van der Waals surface area (Å²) >= 11 is 3.26. The molecule has 1 saturated heterocycles. The molecule has 2 aromatic heterocycles. The minimum Gasteiger partial charge on any atom is -0.444 e. The lowest BCUT2D eigenvalue weighted by Crippen LogP contribution is -2.48. The van der Waals surface area contributed by atoms with Crippen molar-refractivity contribution in [3.8, 4) is 0 Å². The number of halogens is 1. The lowest BCUT2D eigenvalue weighted by atomic mass is 10.1. The number of carbonyl (C=O) groups excluding carboxylic acids is 1. The van der Waals surface area contributed by atoms with Crippen molar-refractivity contribution in [3.05, 3.63) is 70.6 Å². The molecule has 2 aromatic carbocycles. The first-order valence-corrected chi connectivity index (χ1v) is 11.2. The van der Waals surface area contributed by atoms with E-state index in [9.17, 15) is 4.79 Å². The molecule has 1 aliphatic heterocycles. The Hall–Kier alpha value is -2.57. The summed E-state index contributed by atoms with van der Waals surface area (Å²) in [6, 6.07) is 18.9. The van der Waals surface area contributed by atoms with Crippen molar-refractivity contribution in [2.45, 2.75) is 20.0 Å². The Morgan fingerprint density at radius 3 is 2.47 bits per heavy atom. The van der Waals surface area contributed by atoms with Crippen LogP contribution in [-0.4, -0.2) is 46.5 Å². The quantitative estimate of drug-likeness (QED) is 0.419. The third-order valence-corrected chi connectivity index (χ3v) is 6.43. The van der Waals surface area contributed by atoms with Crippen molar-refractivity contribution in [1.82, 2.24) is 14.4 Å². The lowest BCUT2D eigenvalue weighted by molar-refractivity contribution is 0.0596. The van der Waals surface area contributed by atoms with Gasteiger partial charge in [-0.15, -0.1) is 0 Å². The Bertz CT molecular complexity index is 1220. The van der Waals surface area contributed by atoms with Crippen LogP contribution < -0.4 is 0 Å². The van der Waals surface area contributed by atoms with E-state index < -0.39 is 0 Å². The van der Waals surface area contributed by atoms with Crippen molar-refractivity contribution in [2.75, 3.05) is 26.2 Å². The molecule has 1 aliphatic rings. The number of hydrogen-bond donors (Lipinski definition) is 0. The summed E-state index contributed by atoms with van der Waals surface area (Å²) in [7, 11) is 0. The molecule has 6 heteroatoms. The van der Waals surface area contributed by atoms with E-state index >= 15 is 0 Å². The van der Waals surface area contributed by atoms with E-state index in [0.29, 0.717) is 23.5 Å². The van der Waals surface area contributed by atoms with Gasteiger partial charge in [0, 0.05) is 61.1 Å². The average Bonchev–Trinajstić information content (AvgIpc) is 3.35. The topological polar surface area (TPSA) is 41.6 Å². The normalized spacial score (nSPS) is 15.3. The van der Waals surface area contributed by atoms with Crippen LogP contribution in [0.4, 0.5) is 0 Å². The summed E-state index contributed by atoms with van der Waals surface area (Å²) in [5, 5.41) is 2.64. The van der Waals surface area contributed by atoms with Gasteiger partial charge in [0.1, 0.15) is 0 Å². The van der Waals surface area contributed by atoms with Gasteiger partial charge >= 0.3 is 0 Å². The highest BCUT2D eigenvalue weighted by atomic mass is 79.9. The molecule has 154 valence electrons. The van der Waals surface area contributed by atoms with Gasteiger partial charge in [-0.25, -0.2) is 0 Å². The van der Waals surface area contributed by atoms with Gasteiger partial charge in [0.05, 0.1) is 0 Å². The number of piperazine rings is 1. The molecule has 0 bridgehead atoms. The number of rotatable bonds is 4. The van der Waals surface area contributed by atoms with E-state index in [0.717, 1.165) is 26.2 Å². The van der Waals surface area contributed by atoms with E-state index in [2.05, 4.69) is 74.8 Å². The third-order valence-electron chi connectivity index (χ3n) is 6.00. The molecule has 0 unspecified atom stereocenters. The second-order valence-corrected chi connectivity index (χ2v) is 8.57. The molecule has 0 spiro atoms. The monoisotopic (exact) mass is 465 g/mol. The molecule has 0 saturated carbocycles. The van der Waals surface area contributed by atoms with Gasteiger partial charge in [0.15, 0.2) is 10.4 Å². The first kappa shape index (κ1) is 19.4. The summed E-state index contributed by atoms with van der Waals surface area (Å²) in [4.78, 5) is 16.9.